The Bertz CT molecular complexity index is 1070. The minimum Gasteiger partial charge on any atom is -0.376 e. The lowest BCUT2D eigenvalue weighted by Crippen LogP contribution is -2.37. The molecule has 146 valence electrons. The summed E-state index contributed by atoms with van der Waals surface area (Å²) in [5, 5.41) is 0.619. The van der Waals surface area contributed by atoms with Gasteiger partial charge in [-0.1, -0.05) is 23.5 Å². The summed E-state index contributed by atoms with van der Waals surface area (Å²) in [6, 6.07) is 13.8. The lowest BCUT2D eigenvalue weighted by atomic mass is 10.2. The predicted molar refractivity (Wildman–Crippen MR) is 110 cm³/mol. The molecule has 1 aliphatic rings. The second-order valence-corrected chi connectivity index (χ2v) is 9.84. The van der Waals surface area contributed by atoms with Crippen LogP contribution >= 0.6 is 11.3 Å². The molecule has 2 heterocycles. The number of nitrogens with zero attached hydrogens (tertiary/aromatic N) is 2. The van der Waals surface area contributed by atoms with E-state index in [4.69, 9.17) is 4.74 Å². The van der Waals surface area contributed by atoms with Crippen molar-refractivity contribution < 1.29 is 17.9 Å². The van der Waals surface area contributed by atoms with E-state index in [9.17, 15) is 13.2 Å². The molecule has 1 amide bonds. The normalized spacial score (nSPS) is 17.1. The number of anilines is 1. The van der Waals surface area contributed by atoms with E-state index in [2.05, 4.69) is 4.98 Å². The first-order valence-corrected chi connectivity index (χ1v) is 11.7. The predicted octanol–water partition coefficient (Wildman–Crippen LogP) is 3.53. The summed E-state index contributed by atoms with van der Waals surface area (Å²) in [5.41, 5.74) is 1.27. The quantitative estimate of drug-likeness (QED) is 0.636. The van der Waals surface area contributed by atoms with Crippen molar-refractivity contribution in [2.45, 2.75) is 23.8 Å². The van der Waals surface area contributed by atoms with Gasteiger partial charge in [0.1, 0.15) is 0 Å². The van der Waals surface area contributed by atoms with Crippen molar-refractivity contribution in [3.05, 3.63) is 54.1 Å². The van der Waals surface area contributed by atoms with Crippen LogP contribution in [0.3, 0.4) is 0 Å². The van der Waals surface area contributed by atoms with Crippen molar-refractivity contribution in [3.8, 4) is 0 Å². The Labute approximate surface area is 167 Å². The number of rotatable bonds is 5. The number of hydrogen-bond acceptors (Lipinski definition) is 6. The molecular weight excluding hydrogens is 396 g/mol. The van der Waals surface area contributed by atoms with Crippen LogP contribution in [0.2, 0.25) is 0 Å². The largest absolute Gasteiger partial charge is 0.376 e. The molecule has 1 unspecified atom stereocenters. The summed E-state index contributed by atoms with van der Waals surface area (Å²) >= 11 is 1.46. The standard InChI is InChI=1S/C20H20N2O4S2/c1-28(24,25)16-10-8-14(9-11-16)19(23)22(13-15-5-4-12-26-15)20-21-17-6-2-3-7-18(17)27-20/h2-3,6-11,15H,4-5,12-13H2,1H3. The maximum Gasteiger partial charge on any atom is 0.260 e. The van der Waals surface area contributed by atoms with Crippen molar-refractivity contribution in [2.75, 3.05) is 24.3 Å². The fraction of sp³-hybridized carbons (Fsp3) is 0.300. The minimum absolute atomic E-state index is 0.0220. The van der Waals surface area contributed by atoms with Crippen LogP contribution in [0.5, 0.6) is 0 Å². The molecular formula is C20H20N2O4S2. The molecule has 8 heteroatoms. The molecule has 1 aromatic heterocycles. The topological polar surface area (TPSA) is 76.6 Å². The molecule has 0 spiro atoms. The Hall–Kier alpha value is -2.29. The highest BCUT2D eigenvalue weighted by Crippen LogP contribution is 2.31. The maximum atomic E-state index is 13.3. The highest BCUT2D eigenvalue weighted by molar-refractivity contribution is 7.90. The molecule has 6 nitrogen and oxygen atoms in total. The van der Waals surface area contributed by atoms with Gasteiger partial charge in [0.25, 0.3) is 5.91 Å². The summed E-state index contributed by atoms with van der Waals surface area (Å²) < 4.78 is 30.1. The molecule has 1 aliphatic heterocycles. The summed E-state index contributed by atoms with van der Waals surface area (Å²) in [6.45, 7) is 1.13. The lowest BCUT2D eigenvalue weighted by Gasteiger charge is -2.23. The van der Waals surface area contributed by atoms with Gasteiger partial charge in [0.15, 0.2) is 15.0 Å². The third-order valence-electron chi connectivity index (χ3n) is 4.70. The second kappa shape index (κ2) is 7.62. The van der Waals surface area contributed by atoms with Gasteiger partial charge in [-0.15, -0.1) is 0 Å². The van der Waals surface area contributed by atoms with Crippen LogP contribution in [-0.4, -0.2) is 44.8 Å². The van der Waals surface area contributed by atoms with Crippen LogP contribution in [0.15, 0.2) is 53.4 Å². The molecule has 2 aromatic carbocycles. The Balaban J connectivity index is 1.68. The van der Waals surface area contributed by atoms with Crippen molar-refractivity contribution in [1.29, 1.82) is 0 Å². The number of para-hydroxylation sites is 1. The first-order chi connectivity index (χ1) is 13.4. The number of carbonyl (C=O) groups excluding carboxylic acids is 1. The molecule has 1 fully saturated rings. The van der Waals surface area contributed by atoms with Crippen LogP contribution < -0.4 is 4.90 Å². The highest BCUT2D eigenvalue weighted by Gasteiger charge is 2.27. The molecule has 0 aliphatic carbocycles. The van der Waals surface area contributed by atoms with Crippen LogP contribution in [0.4, 0.5) is 5.13 Å². The van der Waals surface area contributed by atoms with E-state index in [0.29, 0.717) is 23.8 Å². The van der Waals surface area contributed by atoms with Gasteiger partial charge in [-0.05, 0) is 49.2 Å². The van der Waals surface area contributed by atoms with Crippen molar-refractivity contribution >= 4 is 42.4 Å². The molecule has 0 bridgehead atoms. The van der Waals surface area contributed by atoms with Crippen LogP contribution in [0, 0.1) is 0 Å². The van der Waals surface area contributed by atoms with E-state index < -0.39 is 9.84 Å². The fourth-order valence-corrected chi connectivity index (χ4v) is 4.82. The molecule has 28 heavy (non-hydrogen) atoms. The molecule has 1 atom stereocenters. The van der Waals surface area contributed by atoms with Crippen molar-refractivity contribution in [2.24, 2.45) is 0 Å². The Kier molecular flexibility index (Phi) is 5.18. The van der Waals surface area contributed by atoms with E-state index in [1.807, 2.05) is 24.3 Å². The third-order valence-corrected chi connectivity index (χ3v) is 6.89. The Morgan fingerprint density at radius 3 is 2.61 bits per heavy atom. The summed E-state index contributed by atoms with van der Waals surface area (Å²) in [7, 11) is -3.31. The SMILES string of the molecule is CS(=O)(=O)c1ccc(C(=O)N(CC2CCCO2)c2nc3ccccc3s2)cc1. The molecule has 0 saturated carbocycles. The number of aromatic nitrogens is 1. The molecule has 3 aromatic rings. The van der Waals surface area contributed by atoms with Gasteiger partial charge in [0, 0.05) is 18.4 Å². The number of thiazole rings is 1. The van der Waals surface area contributed by atoms with Gasteiger partial charge < -0.3 is 4.74 Å². The zero-order valence-electron chi connectivity index (χ0n) is 15.4. The van der Waals surface area contributed by atoms with E-state index in [-0.39, 0.29) is 16.9 Å². The zero-order valence-corrected chi connectivity index (χ0v) is 17.0. The third kappa shape index (κ3) is 3.94. The van der Waals surface area contributed by atoms with E-state index in [1.54, 1.807) is 17.0 Å². The van der Waals surface area contributed by atoms with Gasteiger partial charge in [-0.3, -0.25) is 9.69 Å². The van der Waals surface area contributed by atoms with Gasteiger partial charge in [-0.2, -0.15) is 0 Å². The average molecular weight is 417 g/mol. The number of ether oxygens (including phenoxy) is 1. The van der Waals surface area contributed by atoms with Gasteiger partial charge in [0.2, 0.25) is 0 Å². The zero-order chi connectivity index (χ0) is 19.7. The molecule has 0 radical (unpaired) electrons. The number of hydrogen-bond donors (Lipinski definition) is 0. The molecule has 4 rings (SSSR count). The monoisotopic (exact) mass is 416 g/mol. The summed E-state index contributed by atoms with van der Waals surface area (Å²) in [4.78, 5) is 19.7. The average Bonchev–Trinajstić information content (AvgIpc) is 3.34. The maximum absolute atomic E-state index is 13.3. The fourth-order valence-electron chi connectivity index (χ4n) is 3.22. The Morgan fingerprint density at radius 1 is 1.21 bits per heavy atom. The minimum atomic E-state index is -3.31. The van der Waals surface area contributed by atoms with Crippen LogP contribution in [0.1, 0.15) is 23.2 Å². The van der Waals surface area contributed by atoms with Gasteiger partial charge in [0.05, 0.1) is 27.8 Å². The first kappa shape index (κ1) is 19.0. The number of benzene rings is 2. The van der Waals surface area contributed by atoms with Crippen molar-refractivity contribution in [3.63, 3.8) is 0 Å². The van der Waals surface area contributed by atoms with Crippen LogP contribution in [-0.2, 0) is 14.6 Å². The van der Waals surface area contributed by atoms with Gasteiger partial charge in [-0.25, -0.2) is 13.4 Å². The summed E-state index contributed by atoms with van der Waals surface area (Å²) in [5.74, 6) is -0.213. The van der Waals surface area contributed by atoms with E-state index >= 15 is 0 Å². The lowest BCUT2D eigenvalue weighted by molar-refractivity contribution is 0.0917. The van der Waals surface area contributed by atoms with E-state index in [1.165, 1.54) is 23.5 Å². The molecule has 0 N–H and O–H groups in total. The number of amides is 1. The van der Waals surface area contributed by atoms with Gasteiger partial charge >= 0.3 is 0 Å². The van der Waals surface area contributed by atoms with Crippen LogP contribution in [0.25, 0.3) is 10.2 Å². The smallest absolute Gasteiger partial charge is 0.260 e. The van der Waals surface area contributed by atoms with Crippen molar-refractivity contribution in [1.82, 2.24) is 4.98 Å². The highest BCUT2D eigenvalue weighted by atomic mass is 32.2. The number of fused-ring (bicyclic) bond motifs is 1. The molecule has 1 saturated heterocycles. The first-order valence-electron chi connectivity index (χ1n) is 9.01. The summed E-state index contributed by atoms with van der Waals surface area (Å²) in [6.07, 6.45) is 3.01. The number of carbonyl (C=O) groups is 1. The Morgan fingerprint density at radius 2 is 1.96 bits per heavy atom. The number of sulfone groups is 1. The second-order valence-electron chi connectivity index (χ2n) is 6.81. The van der Waals surface area contributed by atoms with E-state index in [0.717, 1.165) is 29.3 Å².